The van der Waals surface area contributed by atoms with Gasteiger partial charge in [0.05, 0.1) is 6.54 Å². The largest absolute Gasteiger partial charge is 0.355 e. The van der Waals surface area contributed by atoms with E-state index in [0.717, 1.165) is 32.1 Å². The molecule has 3 N–H and O–H groups in total. The van der Waals surface area contributed by atoms with E-state index in [0.29, 0.717) is 6.04 Å². The quantitative estimate of drug-likeness (QED) is 0.500. The Balaban J connectivity index is 1.95. The molecule has 1 aliphatic rings. The van der Waals surface area contributed by atoms with Gasteiger partial charge in [-0.1, -0.05) is 13.8 Å². The smallest absolute Gasteiger partial charge is 0.191 e. The minimum absolute atomic E-state index is 0.560. The van der Waals surface area contributed by atoms with Crippen LogP contribution in [0.2, 0.25) is 0 Å². The van der Waals surface area contributed by atoms with Gasteiger partial charge in [0.1, 0.15) is 0 Å². The van der Waals surface area contributed by atoms with E-state index in [1.54, 1.807) is 0 Å². The molecule has 0 bridgehead atoms. The summed E-state index contributed by atoms with van der Waals surface area (Å²) in [6, 6.07) is 0.560. The van der Waals surface area contributed by atoms with Gasteiger partial charge >= 0.3 is 0 Å². The molecule has 12 heavy (non-hydrogen) atoms. The molecule has 0 aromatic carbocycles. The van der Waals surface area contributed by atoms with E-state index in [9.17, 15) is 0 Å². The van der Waals surface area contributed by atoms with Crippen LogP contribution >= 0.6 is 0 Å². The van der Waals surface area contributed by atoms with Gasteiger partial charge in [-0.25, -0.2) is 0 Å². The molecule has 0 radical (unpaired) electrons. The van der Waals surface area contributed by atoms with Crippen LogP contribution in [0.25, 0.3) is 0 Å². The summed E-state index contributed by atoms with van der Waals surface area (Å²) in [4.78, 5) is 4.22. The first-order valence-corrected chi connectivity index (χ1v) is 4.54. The second kappa shape index (κ2) is 4.98. The molecule has 0 aliphatic carbocycles. The first-order valence-electron chi connectivity index (χ1n) is 4.54. The van der Waals surface area contributed by atoms with Gasteiger partial charge in [-0.15, -0.1) is 0 Å². The first kappa shape index (κ1) is 9.32. The third-order valence-corrected chi connectivity index (χ3v) is 1.64. The lowest BCUT2D eigenvalue weighted by molar-refractivity contribution is 0.583. The Hall–Kier alpha value is -0.770. The van der Waals surface area contributed by atoms with Crippen molar-refractivity contribution >= 4 is 5.96 Å². The van der Waals surface area contributed by atoms with Gasteiger partial charge in [-0.2, -0.15) is 0 Å². The molecular weight excluding hydrogens is 152 g/mol. The standard InChI is InChI=1S/C8H18N4/c1-7(2)9-3-4-10-8-11-5-6-12-8/h7,9H,3-6H2,1-2H3,(H2,10,11,12). The van der Waals surface area contributed by atoms with E-state index in [4.69, 9.17) is 0 Å². The number of hydrogen-bond acceptors (Lipinski definition) is 4. The molecule has 70 valence electrons. The van der Waals surface area contributed by atoms with Crippen molar-refractivity contribution in [1.82, 2.24) is 16.0 Å². The lowest BCUT2D eigenvalue weighted by Crippen LogP contribution is -2.39. The fourth-order valence-corrected chi connectivity index (χ4v) is 1.06. The maximum atomic E-state index is 4.22. The van der Waals surface area contributed by atoms with Gasteiger partial charge < -0.3 is 16.0 Å². The molecular formula is C8H18N4. The van der Waals surface area contributed by atoms with Crippen molar-refractivity contribution in [3.8, 4) is 0 Å². The van der Waals surface area contributed by atoms with E-state index in [-0.39, 0.29) is 0 Å². The minimum Gasteiger partial charge on any atom is -0.355 e. The molecule has 0 saturated heterocycles. The minimum atomic E-state index is 0.560. The van der Waals surface area contributed by atoms with Gasteiger partial charge in [-0.05, 0) is 0 Å². The van der Waals surface area contributed by atoms with E-state index < -0.39 is 0 Å². The fraction of sp³-hybridized carbons (Fsp3) is 0.875. The van der Waals surface area contributed by atoms with Gasteiger partial charge in [0, 0.05) is 25.7 Å². The summed E-state index contributed by atoms with van der Waals surface area (Å²) in [5.41, 5.74) is 0. The molecule has 1 heterocycles. The maximum Gasteiger partial charge on any atom is 0.191 e. The van der Waals surface area contributed by atoms with Crippen molar-refractivity contribution in [2.45, 2.75) is 19.9 Å². The number of rotatable bonds is 4. The van der Waals surface area contributed by atoms with E-state index in [1.165, 1.54) is 0 Å². The highest BCUT2D eigenvalue weighted by Crippen LogP contribution is 1.80. The molecule has 1 rings (SSSR count). The van der Waals surface area contributed by atoms with E-state index in [1.807, 2.05) is 0 Å². The molecule has 0 atom stereocenters. The van der Waals surface area contributed by atoms with Crippen molar-refractivity contribution in [3.05, 3.63) is 0 Å². The SMILES string of the molecule is CC(C)NCCNC1=NCCN1. The molecule has 4 nitrogen and oxygen atoms in total. The molecule has 1 aliphatic heterocycles. The predicted octanol–water partition coefficient (Wildman–Crippen LogP) is -0.467. The summed E-state index contributed by atoms with van der Waals surface area (Å²) >= 11 is 0. The summed E-state index contributed by atoms with van der Waals surface area (Å²) in [5, 5.41) is 9.69. The summed E-state index contributed by atoms with van der Waals surface area (Å²) in [5.74, 6) is 0.945. The lowest BCUT2D eigenvalue weighted by Gasteiger charge is -2.09. The number of hydrogen-bond donors (Lipinski definition) is 3. The zero-order valence-electron chi connectivity index (χ0n) is 7.85. The van der Waals surface area contributed by atoms with Crippen molar-refractivity contribution in [2.24, 2.45) is 4.99 Å². The van der Waals surface area contributed by atoms with Crippen molar-refractivity contribution in [3.63, 3.8) is 0 Å². The second-order valence-electron chi connectivity index (χ2n) is 3.19. The van der Waals surface area contributed by atoms with Gasteiger partial charge in [0.25, 0.3) is 0 Å². The third-order valence-electron chi connectivity index (χ3n) is 1.64. The van der Waals surface area contributed by atoms with Crippen LogP contribution in [-0.4, -0.2) is 38.2 Å². The van der Waals surface area contributed by atoms with Crippen LogP contribution in [-0.2, 0) is 0 Å². The first-order chi connectivity index (χ1) is 5.79. The molecule has 0 aromatic rings. The van der Waals surface area contributed by atoms with Crippen LogP contribution in [0.1, 0.15) is 13.8 Å². The molecule has 4 heteroatoms. The molecule has 0 amide bonds. The Morgan fingerprint density at radius 3 is 2.92 bits per heavy atom. The lowest BCUT2D eigenvalue weighted by atomic mass is 10.4. The van der Waals surface area contributed by atoms with Gasteiger partial charge in [-0.3, -0.25) is 4.99 Å². The highest BCUT2D eigenvalue weighted by atomic mass is 15.2. The van der Waals surface area contributed by atoms with Crippen LogP contribution in [0.3, 0.4) is 0 Å². The van der Waals surface area contributed by atoms with Crippen LogP contribution < -0.4 is 16.0 Å². The maximum absolute atomic E-state index is 4.22. The Morgan fingerprint density at radius 2 is 2.33 bits per heavy atom. The fourth-order valence-electron chi connectivity index (χ4n) is 1.06. The van der Waals surface area contributed by atoms with Crippen LogP contribution in [0.4, 0.5) is 0 Å². The van der Waals surface area contributed by atoms with Gasteiger partial charge in [0.2, 0.25) is 0 Å². The zero-order valence-corrected chi connectivity index (χ0v) is 7.85. The number of nitrogens with one attached hydrogen (secondary N) is 3. The van der Waals surface area contributed by atoms with Crippen LogP contribution in [0.5, 0.6) is 0 Å². The number of nitrogens with zero attached hydrogens (tertiary/aromatic N) is 1. The summed E-state index contributed by atoms with van der Waals surface area (Å²) in [7, 11) is 0. The highest BCUT2D eigenvalue weighted by molar-refractivity contribution is 5.81. The van der Waals surface area contributed by atoms with Crippen molar-refractivity contribution in [1.29, 1.82) is 0 Å². The Labute approximate surface area is 73.8 Å². The molecule has 0 saturated carbocycles. The average molecular weight is 170 g/mol. The molecule has 0 fully saturated rings. The average Bonchev–Trinajstić information content (AvgIpc) is 2.49. The summed E-state index contributed by atoms with van der Waals surface area (Å²) in [6.45, 7) is 8.08. The van der Waals surface area contributed by atoms with Crippen molar-refractivity contribution in [2.75, 3.05) is 26.2 Å². The third kappa shape index (κ3) is 3.57. The number of guanidine groups is 1. The monoisotopic (exact) mass is 170 g/mol. The Kier molecular flexibility index (Phi) is 3.87. The molecule has 0 unspecified atom stereocenters. The number of aliphatic imine (C=N–C) groups is 1. The second-order valence-corrected chi connectivity index (χ2v) is 3.19. The molecule has 0 spiro atoms. The van der Waals surface area contributed by atoms with E-state index in [2.05, 4.69) is 34.8 Å². The Bertz CT molecular complexity index is 153. The van der Waals surface area contributed by atoms with Crippen molar-refractivity contribution < 1.29 is 0 Å². The van der Waals surface area contributed by atoms with Crippen LogP contribution in [0, 0.1) is 0 Å². The van der Waals surface area contributed by atoms with Crippen LogP contribution in [0.15, 0.2) is 4.99 Å². The Morgan fingerprint density at radius 1 is 1.50 bits per heavy atom. The topological polar surface area (TPSA) is 48.5 Å². The highest BCUT2D eigenvalue weighted by Gasteiger charge is 2.02. The summed E-state index contributed by atoms with van der Waals surface area (Å²) < 4.78 is 0. The molecule has 0 aromatic heterocycles. The van der Waals surface area contributed by atoms with Gasteiger partial charge in [0.15, 0.2) is 5.96 Å². The normalized spacial score (nSPS) is 16.1. The summed E-state index contributed by atoms with van der Waals surface area (Å²) in [6.07, 6.45) is 0. The predicted molar refractivity (Wildman–Crippen MR) is 51.4 cm³/mol. The van der Waals surface area contributed by atoms with E-state index >= 15 is 0 Å². The zero-order chi connectivity index (χ0) is 8.81.